The van der Waals surface area contributed by atoms with Crippen LogP contribution in [0.1, 0.15) is 0 Å². The molecule has 0 unspecified atom stereocenters. The Morgan fingerprint density at radius 1 is 0.357 bits per heavy atom. The van der Waals surface area contributed by atoms with Crippen LogP contribution in [0.25, 0.3) is 116 Å². The van der Waals surface area contributed by atoms with Gasteiger partial charge in [0.05, 0.1) is 22.1 Å². The molecule has 12 aromatic rings. The van der Waals surface area contributed by atoms with Gasteiger partial charge in [0.25, 0.3) is 0 Å². The summed E-state index contributed by atoms with van der Waals surface area (Å²) in [5, 5.41) is 11.6. The zero-order chi connectivity index (χ0) is 36.7. The van der Waals surface area contributed by atoms with Crippen LogP contribution in [0.5, 0.6) is 0 Å². The maximum atomic E-state index is 6.73. The maximum absolute atomic E-state index is 6.73. The molecule has 3 heterocycles. The number of benzene rings is 9. The van der Waals surface area contributed by atoms with Crippen molar-refractivity contribution in [2.24, 2.45) is 0 Å². The van der Waals surface area contributed by atoms with E-state index in [9.17, 15) is 0 Å². The molecule has 56 heavy (non-hydrogen) atoms. The first-order valence-electron chi connectivity index (χ1n) is 18.9. The molecule has 0 aliphatic rings. The summed E-state index contributed by atoms with van der Waals surface area (Å²) in [4.78, 5) is 15.1. The van der Waals surface area contributed by atoms with Crippen molar-refractivity contribution in [3.8, 4) is 39.9 Å². The molecule has 0 aliphatic carbocycles. The van der Waals surface area contributed by atoms with Crippen LogP contribution in [0.2, 0.25) is 0 Å². The van der Waals surface area contributed by atoms with Gasteiger partial charge in [-0.05, 0) is 63.3 Å². The summed E-state index contributed by atoms with van der Waals surface area (Å²) >= 11 is 0. The van der Waals surface area contributed by atoms with Gasteiger partial charge in [0, 0.05) is 38.2 Å². The van der Waals surface area contributed by atoms with E-state index in [1.165, 1.54) is 37.8 Å². The van der Waals surface area contributed by atoms with E-state index in [-0.39, 0.29) is 0 Å². The van der Waals surface area contributed by atoms with Crippen LogP contribution in [0.15, 0.2) is 186 Å². The lowest BCUT2D eigenvalue weighted by Crippen LogP contribution is -2.00. The highest BCUT2D eigenvalue weighted by atomic mass is 16.3. The SMILES string of the molecule is c1ccc(-c2nc(-c3ccccc3)nc(-c3ccc4ccc5oc6cccc(-n7c8cc9ccccc9cc8c8ccc9ccccc9c87)c6c5c4c3)n2)cc1. The normalized spacial score (nSPS) is 11.9. The minimum atomic E-state index is 0.616. The van der Waals surface area contributed by atoms with Gasteiger partial charge >= 0.3 is 0 Å². The lowest BCUT2D eigenvalue weighted by Gasteiger charge is -2.12. The summed E-state index contributed by atoms with van der Waals surface area (Å²) in [6.07, 6.45) is 0. The first-order valence-corrected chi connectivity index (χ1v) is 18.9. The van der Waals surface area contributed by atoms with E-state index in [1.807, 2.05) is 60.7 Å². The molecule has 0 bridgehead atoms. The van der Waals surface area contributed by atoms with Gasteiger partial charge in [-0.3, -0.25) is 0 Å². The van der Waals surface area contributed by atoms with E-state index in [4.69, 9.17) is 19.4 Å². The summed E-state index contributed by atoms with van der Waals surface area (Å²) < 4.78 is 9.19. The first kappa shape index (κ1) is 30.8. The van der Waals surface area contributed by atoms with Crippen LogP contribution >= 0.6 is 0 Å². The highest BCUT2D eigenvalue weighted by Crippen LogP contribution is 2.44. The second kappa shape index (κ2) is 11.9. The van der Waals surface area contributed by atoms with Crippen molar-refractivity contribution in [3.63, 3.8) is 0 Å². The second-order valence-electron chi connectivity index (χ2n) is 14.4. The molecule has 3 aromatic heterocycles. The number of furan rings is 1. The second-order valence-corrected chi connectivity index (χ2v) is 14.4. The fourth-order valence-electron chi connectivity index (χ4n) is 8.59. The summed E-state index contributed by atoms with van der Waals surface area (Å²) in [5.41, 5.74) is 7.87. The van der Waals surface area contributed by atoms with Crippen LogP contribution in [0, 0.1) is 0 Å². The van der Waals surface area contributed by atoms with E-state index >= 15 is 0 Å². The molecule has 260 valence electrons. The Morgan fingerprint density at radius 2 is 0.946 bits per heavy atom. The lowest BCUT2D eigenvalue weighted by atomic mass is 10.00. The van der Waals surface area contributed by atoms with Gasteiger partial charge in [0.2, 0.25) is 0 Å². The van der Waals surface area contributed by atoms with Crippen LogP contribution in [-0.2, 0) is 0 Å². The highest BCUT2D eigenvalue weighted by Gasteiger charge is 2.22. The summed E-state index contributed by atoms with van der Waals surface area (Å²) in [6.45, 7) is 0. The van der Waals surface area contributed by atoms with E-state index in [1.54, 1.807) is 0 Å². The van der Waals surface area contributed by atoms with Gasteiger partial charge in [-0.25, -0.2) is 15.0 Å². The molecule has 0 spiro atoms. The van der Waals surface area contributed by atoms with Gasteiger partial charge in [-0.1, -0.05) is 146 Å². The predicted molar refractivity (Wildman–Crippen MR) is 230 cm³/mol. The van der Waals surface area contributed by atoms with Crippen molar-refractivity contribution in [1.82, 2.24) is 19.5 Å². The molecule has 0 amide bonds. The van der Waals surface area contributed by atoms with Crippen molar-refractivity contribution >= 4 is 76.1 Å². The Kier molecular flexibility index (Phi) is 6.56. The average molecular weight is 715 g/mol. The zero-order valence-electron chi connectivity index (χ0n) is 30.0. The molecule has 0 radical (unpaired) electrons. The predicted octanol–water partition coefficient (Wildman–Crippen LogP) is 13.3. The van der Waals surface area contributed by atoms with Crippen LogP contribution < -0.4 is 0 Å². The Hall–Kier alpha value is -7.63. The third-order valence-corrected chi connectivity index (χ3v) is 11.2. The summed E-state index contributed by atoms with van der Waals surface area (Å²) in [6, 6.07) is 63.9. The van der Waals surface area contributed by atoms with Crippen LogP contribution in [-0.4, -0.2) is 19.5 Å². The first-order chi connectivity index (χ1) is 27.7. The smallest absolute Gasteiger partial charge is 0.164 e. The third-order valence-electron chi connectivity index (χ3n) is 11.2. The molecule has 0 atom stereocenters. The third kappa shape index (κ3) is 4.64. The maximum Gasteiger partial charge on any atom is 0.164 e. The molecule has 0 fully saturated rings. The Morgan fingerprint density at radius 3 is 1.70 bits per heavy atom. The van der Waals surface area contributed by atoms with Gasteiger partial charge in [0.1, 0.15) is 11.2 Å². The largest absolute Gasteiger partial charge is 0.456 e. The van der Waals surface area contributed by atoms with E-state index in [2.05, 4.69) is 126 Å². The summed E-state index contributed by atoms with van der Waals surface area (Å²) in [7, 11) is 0. The average Bonchev–Trinajstić information content (AvgIpc) is 3.82. The van der Waals surface area contributed by atoms with E-state index < -0.39 is 0 Å². The van der Waals surface area contributed by atoms with Crippen molar-refractivity contribution in [3.05, 3.63) is 182 Å². The van der Waals surface area contributed by atoms with E-state index in [0.29, 0.717) is 17.5 Å². The number of rotatable bonds is 4. The number of aromatic nitrogens is 4. The highest BCUT2D eigenvalue weighted by molar-refractivity contribution is 6.25. The Labute approximate surface area is 320 Å². The molecule has 0 saturated heterocycles. The molecule has 0 saturated carbocycles. The topological polar surface area (TPSA) is 56.7 Å². The monoisotopic (exact) mass is 714 g/mol. The molecule has 5 heteroatoms. The number of hydrogen-bond acceptors (Lipinski definition) is 4. The number of fused-ring (bicyclic) bond motifs is 11. The van der Waals surface area contributed by atoms with Crippen molar-refractivity contribution in [1.29, 1.82) is 0 Å². The van der Waals surface area contributed by atoms with Crippen molar-refractivity contribution < 1.29 is 4.42 Å². The van der Waals surface area contributed by atoms with Gasteiger partial charge < -0.3 is 8.98 Å². The van der Waals surface area contributed by atoms with Crippen LogP contribution in [0.4, 0.5) is 0 Å². The van der Waals surface area contributed by atoms with Crippen LogP contribution in [0.3, 0.4) is 0 Å². The quantitative estimate of drug-likeness (QED) is 0.182. The fraction of sp³-hybridized carbons (Fsp3) is 0. The minimum Gasteiger partial charge on any atom is -0.456 e. The fourth-order valence-corrected chi connectivity index (χ4v) is 8.59. The lowest BCUT2D eigenvalue weighted by molar-refractivity contribution is 0.669. The molecule has 12 rings (SSSR count). The molecule has 9 aromatic carbocycles. The molecule has 0 N–H and O–H groups in total. The van der Waals surface area contributed by atoms with E-state index in [0.717, 1.165) is 60.6 Å². The number of hydrogen-bond donors (Lipinski definition) is 0. The van der Waals surface area contributed by atoms with Gasteiger partial charge in [-0.15, -0.1) is 0 Å². The molecular formula is C51H30N4O. The standard InChI is InChI=1S/C51H30N4O/c1-3-13-33(14-4-1)49-52-50(34-15-5-2-6-16-34)54-51(53-49)37-23-22-32-25-27-45-46(40(32)29-37)47-42(20-11-21-44(47)56-45)55-43-30-36-18-8-7-17-35(36)28-41(43)39-26-24-31-12-9-10-19-38(31)48(39)55/h1-30H. The Bertz CT molecular complexity index is 3470. The molecule has 0 aliphatic heterocycles. The van der Waals surface area contributed by atoms with Gasteiger partial charge in [0.15, 0.2) is 17.5 Å². The number of nitrogens with zero attached hydrogens (tertiary/aromatic N) is 4. The summed E-state index contributed by atoms with van der Waals surface area (Å²) in [5.74, 6) is 1.88. The molecular weight excluding hydrogens is 685 g/mol. The minimum absolute atomic E-state index is 0.616. The van der Waals surface area contributed by atoms with Crippen molar-refractivity contribution in [2.75, 3.05) is 0 Å². The molecule has 5 nitrogen and oxygen atoms in total. The van der Waals surface area contributed by atoms with Gasteiger partial charge in [-0.2, -0.15) is 0 Å². The Balaban J connectivity index is 1.17. The van der Waals surface area contributed by atoms with Crippen molar-refractivity contribution in [2.45, 2.75) is 0 Å². The zero-order valence-corrected chi connectivity index (χ0v) is 30.0.